The summed E-state index contributed by atoms with van der Waals surface area (Å²) >= 11 is 0. The number of hydrogen-bond donors (Lipinski definition) is 2. The molecule has 2 aromatic carbocycles. The summed E-state index contributed by atoms with van der Waals surface area (Å²) in [4.78, 5) is 4.43. The van der Waals surface area contributed by atoms with Gasteiger partial charge in [0.15, 0.2) is 5.65 Å². The summed E-state index contributed by atoms with van der Waals surface area (Å²) in [5, 5.41) is 17.9. The molecule has 0 fully saturated rings. The zero-order chi connectivity index (χ0) is 23.3. The number of unbranched alkanes of at least 4 members (excludes halogenated alkanes) is 1. The van der Waals surface area contributed by atoms with E-state index in [1.165, 1.54) is 18.3 Å². The van der Waals surface area contributed by atoms with Crippen molar-refractivity contribution < 1.29 is 12.8 Å². The van der Waals surface area contributed by atoms with Crippen molar-refractivity contribution in [3.63, 3.8) is 0 Å². The molecule has 168 valence electrons. The third-order valence-electron chi connectivity index (χ3n) is 5.04. The van der Waals surface area contributed by atoms with E-state index in [0.29, 0.717) is 36.3 Å². The zero-order valence-electron chi connectivity index (χ0n) is 17.6. The van der Waals surface area contributed by atoms with E-state index >= 15 is 0 Å². The van der Waals surface area contributed by atoms with Gasteiger partial charge in [-0.25, -0.2) is 27.2 Å². The Labute approximate surface area is 190 Å². The summed E-state index contributed by atoms with van der Waals surface area (Å²) in [5.41, 5.74) is 2.56. The maximum absolute atomic E-state index is 13.0. The lowest BCUT2D eigenvalue weighted by atomic mass is 10.2. The summed E-state index contributed by atoms with van der Waals surface area (Å²) in [6.07, 6.45) is 4.43. The lowest BCUT2D eigenvalue weighted by molar-refractivity contribution is 0.577. The second-order valence-corrected chi connectivity index (χ2v) is 9.04. The monoisotopic (exact) mass is 464 g/mol. The van der Waals surface area contributed by atoms with E-state index in [1.807, 2.05) is 30.3 Å². The fourth-order valence-corrected chi connectivity index (χ4v) is 4.45. The van der Waals surface area contributed by atoms with Crippen molar-refractivity contribution in [2.24, 2.45) is 0 Å². The van der Waals surface area contributed by atoms with E-state index in [4.69, 9.17) is 0 Å². The average Bonchev–Trinajstić information content (AvgIpc) is 3.26. The van der Waals surface area contributed by atoms with Gasteiger partial charge in [0.25, 0.3) is 0 Å². The molecule has 0 aliphatic heterocycles. The molecule has 0 aliphatic carbocycles. The van der Waals surface area contributed by atoms with Crippen molar-refractivity contribution in [3.8, 4) is 11.8 Å². The average molecular weight is 465 g/mol. The Morgan fingerprint density at radius 2 is 1.73 bits per heavy atom. The number of benzene rings is 2. The maximum Gasteiger partial charge on any atom is 0.240 e. The van der Waals surface area contributed by atoms with Crippen LogP contribution in [0, 0.1) is 17.1 Å². The standard InChI is InChI=1S/C23H21FN6O2S/c24-18-8-10-20(11-9-18)33(31,32)29-13-5-4-12-26-22-17(14-25)15-27-23-21(22)16-28-30(23)19-6-2-1-3-7-19/h1-3,6-11,15-16,29H,4-5,12-13H2,(H,26,27). The predicted octanol–water partition coefficient (Wildman–Crippen LogP) is 3.60. The molecular formula is C23H21FN6O2S. The van der Waals surface area contributed by atoms with Crippen molar-refractivity contribution >= 4 is 26.7 Å². The number of pyridine rings is 1. The highest BCUT2D eigenvalue weighted by molar-refractivity contribution is 7.89. The summed E-state index contributed by atoms with van der Waals surface area (Å²) < 4.78 is 41.7. The van der Waals surface area contributed by atoms with Crippen LogP contribution in [0.1, 0.15) is 18.4 Å². The second kappa shape index (κ2) is 9.77. The van der Waals surface area contributed by atoms with E-state index in [0.717, 1.165) is 23.2 Å². The zero-order valence-corrected chi connectivity index (χ0v) is 18.4. The van der Waals surface area contributed by atoms with E-state index in [9.17, 15) is 18.1 Å². The van der Waals surface area contributed by atoms with Gasteiger partial charge in [-0.2, -0.15) is 10.4 Å². The Bertz CT molecular complexity index is 1400. The quantitative estimate of drug-likeness (QED) is 0.366. The number of nitrogens with zero attached hydrogens (tertiary/aromatic N) is 4. The molecule has 0 aliphatic rings. The van der Waals surface area contributed by atoms with Gasteiger partial charge in [-0.3, -0.25) is 0 Å². The molecule has 0 bridgehead atoms. The number of nitriles is 1. The van der Waals surface area contributed by atoms with E-state index in [1.54, 1.807) is 10.9 Å². The molecule has 0 unspecified atom stereocenters. The minimum absolute atomic E-state index is 0.0234. The summed E-state index contributed by atoms with van der Waals surface area (Å²) in [6, 6.07) is 16.4. The van der Waals surface area contributed by atoms with Crippen LogP contribution in [0.2, 0.25) is 0 Å². The molecule has 4 aromatic rings. The van der Waals surface area contributed by atoms with Crippen LogP contribution in [0.5, 0.6) is 0 Å². The highest BCUT2D eigenvalue weighted by Gasteiger charge is 2.15. The largest absolute Gasteiger partial charge is 0.383 e. The van der Waals surface area contributed by atoms with Crippen LogP contribution in [0.15, 0.2) is 71.9 Å². The molecule has 0 atom stereocenters. The minimum Gasteiger partial charge on any atom is -0.383 e. The van der Waals surface area contributed by atoms with Gasteiger partial charge in [0.05, 0.1) is 33.4 Å². The maximum atomic E-state index is 13.0. The summed E-state index contributed by atoms with van der Waals surface area (Å²) in [6.45, 7) is 0.771. The molecule has 0 spiro atoms. The molecule has 2 aromatic heterocycles. The van der Waals surface area contributed by atoms with Crippen LogP contribution in [0.25, 0.3) is 16.7 Å². The first kappa shape index (κ1) is 22.4. The molecule has 8 nitrogen and oxygen atoms in total. The summed E-state index contributed by atoms with van der Waals surface area (Å²) in [5.74, 6) is -0.490. The molecular weight excluding hydrogens is 443 g/mol. The van der Waals surface area contributed by atoms with E-state index in [-0.39, 0.29) is 11.4 Å². The molecule has 0 amide bonds. The SMILES string of the molecule is N#Cc1cnc2c(cnn2-c2ccccc2)c1NCCCCNS(=O)(=O)c1ccc(F)cc1. The van der Waals surface area contributed by atoms with Gasteiger partial charge in [-0.05, 0) is 49.2 Å². The lowest BCUT2D eigenvalue weighted by Crippen LogP contribution is -2.25. The number of fused-ring (bicyclic) bond motifs is 1. The highest BCUT2D eigenvalue weighted by Crippen LogP contribution is 2.27. The van der Waals surface area contributed by atoms with Gasteiger partial charge in [-0.1, -0.05) is 18.2 Å². The van der Waals surface area contributed by atoms with Gasteiger partial charge in [0.2, 0.25) is 10.0 Å². The van der Waals surface area contributed by atoms with E-state index in [2.05, 4.69) is 26.2 Å². The molecule has 4 rings (SSSR count). The van der Waals surface area contributed by atoms with Crippen molar-refractivity contribution in [2.75, 3.05) is 18.4 Å². The predicted molar refractivity (Wildman–Crippen MR) is 123 cm³/mol. The second-order valence-electron chi connectivity index (χ2n) is 7.27. The first-order valence-corrected chi connectivity index (χ1v) is 11.8. The number of anilines is 1. The lowest BCUT2D eigenvalue weighted by Gasteiger charge is -2.10. The minimum atomic E-state index is -3.68. The summed E-state index contributed by atoms with van der Waals surface area (Å²) in [7, 11) is -3.68. The Morgan fingerprint density at radius 3 is 2.45 bits per heavy atom. The number of para-hydroxylation sites is 1. The van der Waals surface area contributed by atoms with Crippen LogP contribution in [0.4, 0.5) is 10.1 Å². The number of nitrogens with one attached hydrogen (secondary N) is 2. The van der Waals surface area contributed by atoms with Gasteiger partial charge in [-0.15, -0.1) is 0 Å². The Kier molecular flexibility index (Phi) is 6.63. The van der Waals surface area contributed by atoms with Crippen molar-refractivity contribution in [1.29, 1.82) is 5.26 Å². The van der Waals surface area contributed by atoms with Crippen molar-refractivity contribution in [3.05, 3.63) is 78.4 Å². The number of rotatable bonds is 9. The molecule has 2 N–H and O–H groups in total. The van der Waals surface area contributed by atoms with Crippen LogP contribution in [-0.4, -0.2) is 36.3 Å². The third kappa shape index (κ3) is 5.00. The fraction of sp³-hybridized carbons (Fsp3) is 0.174. The van der Waals surface area contributed by atoms with Crippen LogP contribution >= 0.6 is 0 Å². The smallest absolute Gasteiger partial charge is 0.240 e. The van der Waals surface area contributed by atoms with Gasteiger partial charge < -0.3 is 5.32 Å². The Hall–Kier alpha value is -3.81. The number of hydrogen-bond acceptors (Lipinski definition) is 6. The molecule has 2 heterocycles. The van der Waals surface area contributed by atoms with Crippen LogP contribution < -0.4 is 10.0 Å². The van der Waals surface area contributed by atoms with Gasteiger partial charge in [0.1, 0.15) is 11.9 Å². The van der Waals surface area contributed by atoms with Crippen molar-refractivity contribution in [2.45, 2.75) is 17.7 Å². The van der Waals surface area contributed by atoms with E-state index < -0.39 is 15.8 Å². The number of aromatic nitrogens is 3. The molecule has 33 heavy (non-hydrogen) atoms. The van der Waals surface area contributed by atoms with Gasteiger partial charge in [0, 0.05) is 19.3 Å². The molecule has 10 heteroatoms. The highest BCUT2D eigenvalue weighted by atomic mass is 32.2. The van der Waals surface area contributed by atoms with Gasteiger partial charge >= 0.3 is 0 Å². The van der Waals surface area contributed by atoms with Crippen molar-refractivity contribution in [1.82, 2.24) is 19.5 Å². The number of halogens is 1. The molecule has 0 radical (unpaired) electrons. The third-order valence-corrected chi connectivity index (χ3v) is 6.52. The topological polar surface area (TPSA) is 113 Å². The number of sulfonamides is 1. The van der Waals surface area contributed by atoms with Crippen LogP contribution in [-0.2, 0) is 10.0 Å². The van der Waals surface area contributed by atoms with Crippen LogP contribution in [0.3, 0.4) is 0 Å². The first-order valence-electron chi connectivity index (χ1n) is 10.3. The molecule has 0 saturated heterocycles. The normalized spacial score (nSPS) is 11.4. The Balaban J connectivity index is 1.38. The fourth-order valence-electron chi connectivity index (χ4n) is 3.38. The Morgan fingerprint density at radius 1 is 1.00 bits per heavy atom. The first-order chi connectivity index (χ1) is 16.0. The molecule has 0 saturated carbocycles.